The van der Waals surface area contributed by atoms with Crippen molar-refractivity contribution >= 4 is 19.7 Å². The number of benzene rings is 2. The number of hydrogen-bond acceptors (Lipinski definition) is 1. The lowest BCUT2D eigenvalue weighted by Gasteiger charge is -2.39. The van der Waals surface area contributed by atoms with Crippen LogP contribution in [-0.2, 0) is 0 Å². The molecule has 0 saturated carbocycles. The maximum atomic E-state index is 6.12. The standard InChI is InChI=1S/C22H29ClOSi/c1-22(2,19-15-24-20-9-7-6-8-18(19)20)14-21(25(3,4)5)16-10-12-17(23)13-11-16/h6-13,19,21H,14-15H2,1-5H3. The van der Waals surface area contributed by atoms with E-state index >= 15 is 0 Å². The van der Waals surface area contributed by atoms with Crippen molar-refractivity contribution in [3.63, 3.8) is 0 Å². The lowest BCUT2D eigenvalue weighted by Crippen LogP contribution is -2.36. The molecule has 3 heteroatoms. The summed E-state index contributed by atoms with van der Waals surface area (Å²) in [4.78, 5) is 0. The van der Waals surface area contributed by atoms with Crippen LogP contribution in [0.4, 0.5) is 0 Å². The molecule has 0 aromatic heterocycles. The van der Waals surface area contributed by atoms with E-state index in [1.54, 1.807) is 0 Å². The Morgan fingerprint density at radius 3 is 2.36 bits per heavy atom. The van der Waals surface area contributed by atoms with Gasteiger partial charge in [-0.2, -0.15) is 0 Å². The monoisotopic (exact) mass is 372 g/mol. The van der Waals surface area contributed by atoms with Crippen molar-refractivity contribution in [3.8, 4) is 5.75 Å². The molecule has 134 valence electrons. The van der Waals surface area contributed by atoms with Crippen LogP contribution in [0.25, 0.3) is 0 Å². The van der Waals surface area contributed by atoms with E-state index in [1.807, 2.05) is 12.1 Å². The molecular weight excluding hydrogens is 344 g/mol. The molecule has 2 atom stereocenters. The van der Waals surface area contributed by atoms with E-state index in [1.165, 1.54) is 17.5 Å². The Morgan fingerprint density at radius 2 is 1.72 bits per heavy atom. The van der Waals surface area contributed by atoms with Crippen LogP contribution in [0.15, 0.2) is 48.5 Å². The van der Waals surface area contributed by atoms with Gasteiger partial charge in [-0.1, -0.05) is 75.4 Å². The van der Waals surface area contributed by atoms with Gasteiger partial charge in [-0.15, -0.1) is 0 Å². The lowest BCUT2D eigenvalue weighted by molar-refractivity contribution is 0.208. The minimum absolute atomic E-state index is 0.178. The largest absolute Gasteiger partial charge is 0.493 e. The zero-order valence-corrected chi connectivity index (χ0v) is 17.7. The zero-order valence-electron chi connectivity index (χ0n) is 16.0. The SMILES string of the molecule is CC(C)(CC(c1ccc(Cl)cc1)[Si](C)(C)C)C1COc2ccccc21. The molecule has 0 radical (unpaired) electrons. The van der Waals surface area contributed by atoms with Crippen LogP contribution >= 0.6 is 11.6 Å². The average molecular weight is 373 g/mol. The molecule has 1 aliphatic rings. The number of para-hydroxylation sites is 1. The second kappa shape index (κ2) is 6.81. The molecule has 2 aromatic rings. The van der Waals surface area contributed by atoms with E-state index in [2.05, 4.69) is 69.9 Å². The average Bonchev–Trinajstić information content (AvgIpc) is 2.97. The van der Waals surface area contributed by atoms with Gasteiger partial charge < -0.3 is 4.74 Å². The summed E-state index contributed by atoms with van der Waals surface area (Å²) < 4.78 is 5.98. The second-order valence-electron chi connectivity index (χ2n) is 9.06. The van der Waals surface area contributed by atoms with E-state index < -0.39 is 8.07 Å². The molecule has 3 rings (SSSR count). The Morgan fingerprint density at radius 1 is 1.08 bits per heavy atom. The lowest BCUT2D eigenvalue weighted by atomic mass is 9.72. The molecule has 25 heavy (non-hydrogen) atoms. The first-order valence-electron chi connectivity index (χ1n) is 9.16. The van der Waals surface area contributed by atoms with Gasteiger partial charge in [0.1, 0.15) is 5.75 Å². The topological polar surface area (TPSA) is 9.23 Å². The fraction of sp³-hybridized carbons (Fsp3) is 0.455. The summed E-state index contributed by atoms with van der Waals surface area (Å²) in [6.45, 7) is 13.0. The van der Waals surface area contributed by atoms with Crippen LogP contribution in [0.5, 0.6) is 5.75 Å². The molecule has 0 spiro atoms. The second-order valence-corrected chi connectivity index (χ2v) is 14.9. The van der Waals surface area contributed by atoms with Gasteiger partial charge >= 0.3 is 0 Å². The summed E-state index contributed by atoms with van der Waals surface area (Å²) in [5.74, 6) is 1.52. The molecule has 1 aliphatic heterocycles. The molecule has 1 heterocycles. The van der Waals surface area contributed by atoms with Gasteiger partial charge in [0, 0.05) is 16.5 Å². The number of halogens is 1. The fourth-order valence-corrected chi connectivity index (χ4v) is 6.55. The van der Waals surface area contributed by atoms with Crippen LogP contribution < -0.4 is 4.74 Å². The molecule has 0 bridgehead atoms. The normalized spacial score (nSPS) is 18.6. The predicted octanol–water partition coefficient (Wildman–Crippen LogP) is 6.89. The van der Waals surface area contributed by atoms with Crippen molar-refractivity contribution in [3.05, 3.63) is 64.7 Å². The zero-order chi connectivity index (χ0) is 18.2. The first-order chi connectivity index (χ1) is 11.7. The van der Waals surface area contributed by atoms with Crippen molar-refractivity contribution < 1.29 is 4.74 Å². The highest BCUT2D eigenvalue weighted by Gasteiger charge is 2.41. The molecule has 0 N–H and O–H groups in total. The van der Waals surface area contributed by atoms with E-state index in [4.69, 9.17) is 16.3 Å². The maximum Gasteiger partial charge on any atom is 0.122 e. The summed E-state index contributed by atoms with van der Waals surface area (Å²) in [6.07, 6.45) is 1.17. The van der Waals surface area contributed by atoms with Gasteiger partial charge in [-0.05, 0) is 41.1 Å². The molecule has 1 nitrogen and oxygen atoms in total. The third kappa shape index (κ3) is 3.96. The molecular formula is C22H29ClOSi. The van der Waals surface area contributed by atoms with Crippen molar-refractivity contribution in [2.24, 2.45) is 5.41 Å². The summed E-state index contributed by atoms with van der Waals surface area (Å²) in [7, 11) is -1.38. The maximum absolute atomic E-state index is 6.12. The summed E-state index contributed by atoms with van der Waals surface area (Å²) in [6, 6.07) is 17.0. The summed E-state index contributed by atoms with van der Waals surface area (Å²) in [5.41, 5.74) is 3.59. The van der Waals surface area contributed by atoms with Gasteiger partial charge in [0.2, 0.25) is 0 Å². The highest BCUT2D eigenvalue weighted by Crippen LogP contribution is 2.50. The molecule has 0 fully saturated rings. The van der Waals surface area contributed by atoms with Gasteiger partial charge in [0.25, 0.3) is 0 Å². The van der Waals surface area contributed by atoms with Gasteiger partial charge in [0.05, 0.1) is 14.7 Å². The minimum Gasteiger partial charge on any atom is -0.493 e. The highest BCUT2D eigenvalue weighted by atomic mass is 35.5. The van der Waals surface area contributed by atoms with Crippen LogP contribution in [0, 0.1) is 5.41 Å². The Bertz CT molecular complexity index is 730. The van der Waals surface area contributed by atoms with Crippen molar-refractivity contribution in [1.29, 1.82) is 0 Å². The van der Waals surface area contributed by atoms with Crippen LogP contribution in [0.1, 0.15) is 42.9 Å². The highest BCUT2D eigenvalue weighted by molar-refractivity contribution is 6.77. The van der Waals surface area contributed by atoms with E-state index in [9.17, 15) is 0 Å². The van der Waals surface area contributed by atoms with Crippen LogP contribution in [-0.4, -0.2) is 14.7 Å². The third-order valence-corrected chi connectivity index (χ3v) is 8.57. The van der Waals surface area contributed by atoms with Crippen LogP contribution in [0.2, 0.25) is 24.7 Å². The first-order valence-corrected chi connectivity index (χ1v) is 13.1. The number of ether oxygens (including phenoxy) is 1. The van der Waals surface area contributed by atoms with E-state index in [-0.39, 0.29) is 5.41 Å². The number of fused-ring (bicyclic) bond motifs is 1. The van der Waals surface area contributed by atoms with Gasteiger partial charge in [-0.3, -0.25) is 0 Å². The third-order valence-electron chi connectivity index (χ3n) is 5.69. The molecule has 0 aliphatic carbocycles. The van der Waals surface area contributed by atoms with Gasteiger partial charge in [0.15, 0.2) is 0 Å². The number of rotatable bonds is 5. The number of hydrogen-bond donors (Lipinski definition) is 0. The molecule has 0 amide bonds. The van der Waals surface area contributed by atoms with Crippen molar-refractivity contribution in [2.45, 2.75) is 51.4 Å². The predicted molar refractivity (Wildman–Crippen MR) is 111 cm³/mol. The van der Waals surface area contributed by atoms with Crippen molar-refractivity contribution in [1.82, 2.24) is 0 Å². The smallest absolute Gasteiger partial charge is 0.122 e. The van der Waals surface area contributed by atoms with E-state index in [0.717, 1.165) is 17.4 Å². The van der Waals surface area contributed by atoms with Crippen LogP contribution in [0.3, 0.4) is 0 Å². The molecule has 0 saturated heterocycles. The fourth-order valence-electron chi connectivity index (χ4n) is 4.10. The molecule has 2 unspecified atom stereocenters. The van der Waals surface area contributed by atoms with E-state index in [0.29, 0.717) is 11.5 Å². The van der Waals surface area contributed by atoms with Gasteiger partial charge in [-0.25, -0.2) is 0 Å². The quantitative estimate of drug-likeness (QED) is 0.519. The minimum atomic E-state index is -1.38. The summed E-state index contributed by atoms with van der Waals surface area (Å²) >= 11 is 6.12. The Hall–Kier alpha value is -1.25. The Labute approximate surface area is 158 Å². The van der Waals surface area contributed by atoms with Crippen molar-refractivity contribution in [2.75, 3.05) is 6.61 Å². The molecule has 2 aromatic carbocycles. The first kappa shape index (κ1) is 18.5. The Balaban J connectivity index is 1.90. The summed E-state index contributed by atoms with van der Waals surface area (Å²) in [5, 5.41) is 0.815. The Kier molecular flexibility index (Phi) is 5.05.